The summed E-state index contributed by atoms with van der Waals surface area (Å²) in [6, 6.07) is 4.54. The minimum atomic E-state index is -4.95. The Morgan fingerprint density at radius 1 is 1.24 bits per heavy atom. The number of alkyl halides is 3. The number of allylic oxidation sites excluding steroid dienone is 1. The molecule has 0 fully saturated rings. The molecular formula is C11H8F4O2. The molecule has 2 nitrogen and oxygen atoms in total. The van der Waals surface area contributed by atoms with Gasteiger partial charge in [0.25, 0.3) is 5.78 Å². The largest absolute Gasteiger partial charge is 0.496 e. The molecule has 0 aliphatic rings. The lowest BCUT2D eigenvalue weighted by molar-refractivity contribution is -0.165. The van der Waals surface area contributed by atoms with Crippen molar-refractivity contribution >= 4 is 11.5 Å². The fraction of sp³-hybridized carbons (Fsp3) is 0.182. The van der Waals surface area contributed by atoms with Crippen molar-refractivity contribution in [3.8, 4) is 0 Å². The zero-order valence-electron chi connectivity index (χ0n) is 8.72. The Morgan fingerprint density at radius 2 is 1.76 bits per heavy atom. The first-order chi connectivity index (χ1) is 7.84. The number of carbonyl (C=O) groups is 1. The maximum absolute atomic E-state index is 12.6. The quantitative estimate of drug-likeness (QED) is 0.467. The molecule has 0 unspecified atom stereocenters. The third kappa shape index (κ3) is 3.58. The molecule has 1 aromatic carbocycles. The molecule has 92 valence electrons. The van der Waals surface area contributed by atoms with E-state index in [1.807, 2.05) is 0 Å². The molecule has 0 saturated heterocycles. The molecule has 1 rings (SSSR count). The van der Waals surface area contributed by atoms with Gasteiger partial charge in [0, 0.05) is 11.6 Å². The van der Waals surface area contributed by atoms with Gasteiger partial charge in [-0.25, -0.2) is 4.39 Å². The molecule has 0 saturated carbocycles. The van der Waals surface area contributed by atoms with Gasteiger partial charge in [-0.3, -0.25) is 4.79 Å². The van der Waals surface area contributed by atoms with E-state index in [0.717, 1.165) is 19.2 Å². The van der Waals surface area contributed by atoms with E-state index in [2.05, 4.69) is 4.74 Å². The summed E-state index contributed by atoms with van der Waals surface area (Å²) in [6.45, 7) is 0. The highest BCUT2D eigenvalue weighted by molar-refractivity contribution is 5.99. The van der Waals surface area contributed by atoms with E-state index in [4.69, 9.17) is 0 Å². The van der Waals surface area contributed by atoms with Gasteiger partial charge in [0.1, 0.15) is 11.6 Å². The molecule has 0 aliphatic carbocycles. The van der Waals surface area contributed by atoms with Crippen molar-refractivity contribution < 1.29 is 27.1 Å². The molecule has 0 spiro atoms. The number of rotatable bonds is 3. The van der Waals surface area contributed by atoms with Crippen molar-refractivity contribution in [3.63, 3.8) is 0 Å². The van der Waals surface area contributed by atoms with Gasteiger partial charge in [-0.15, -0.1) is 0 Å². The summed E-state index contributed by atoms with van der Waals surface area (Å²) in [6.07, 6.45) is -4.63. The van der Waals surface area contributed by atoms with Gasteiger partial charge in [0.05, 0.1) is 7.11 Å². The molecule has 17 heavy (non-hydrogen) atoms. The minimum Gasteiger partial charge on any atom is -0.496 e. The van der Waals surface area contributed by atoms with Crippen molar-refractivity contribution in [2.75, 3.05) is 7.11 Å². The summed E-state index contributed by atoms with van der Waals surface area (Å²) in [5, 5.41) is 0. The van der Waals surface area contributed by atoms with E-state index >= 15 is 0 Å². The highest BCUT2D eigenvalue weighted by Crippen LogP contribution is 2.21. The van der Waals surface area contributed by atoms with Gasteiger partial charge < -0.3 is 4.74 Å². The van der Waals surface area contributed by atoms with Gasteiger partial charge in [-0.1, -0.05) is 0 Å². The topological polar surface area (TPSA) is 26.3 Å². The molecule has 6 heteroatoms. The van der Waals surface area contributed by atoms with Crippen LogP contribution < -0.4 is 0 Å². The predicted octanol–water partition coefficient (Wildman–Crippen LogP) is 2.94. The van der Waals surface area contributed by atoms with Crippen LogP contribution in [0.15, 0.2) is 30.3 Å². The first-order valence-electron chi connectivity index (χ1n) is 4.47. The van der Waals surface area contributed by atoms with E-state index in [1.165, 1.54) is 12.1 Å². The molecule has 0 amide bonds. The molecule has 0 radical (unpaired) electrons. The number of methoxy groups -OCH3 is 1. The van der Waals surface area contributed by atoms with Crippen molar-refractivity contribution in [1.29, 1.82) is 0 Å². The van der Waals surface area contributed by atoms with Gasteiger partial charge in [0.15, 0.2) is 0 Å². The van der Waals surface area contributed by atoms with Gasteiger partial charge in [-0.2, -0.15) is 13.2 Å². The SMILES string of the molecule is CO/C(=C\C(=O)C(F)(F)F)c1ccc(F)cc1. The molecular weight excluding hydrogens is 240 g/mol. The van der Waals surface area contributed by atoms with E-state index in [0.29, 0.717) is 6.08 Å². The third-order valence-corrected chi connectivity index (χ3v) is 1.89. The van der Waals surface area contributed by atoms with E-state index in [9.17, 15) is 22.4 Å². The summed E-state index contributed by atoms with van der Waals surface area (Å²) in [5.41, 5.74) is 0.187. The lowest BCUT2D eigenvalue weighted by atomic mass is 10.1. The zero-order chi connectivity index (χ0) is 13.1. The first kappa shape index (κ1) is 13.2. The Hall–Kier alpha value is -1.85. The summed E-state index contributed by atoms with van der Waals surface area (Å²) >= 11 is 0. The van der Waals surface area contributed by atoms with Gasteiger partial charge in [-0.05, 0) is 24.3 Å². The van der Waals surface area contributed by atoms with Crippen LogP contribution in [0.2, 0.25) is 0 Å². The number of ether oxygens (including phenoxy) is 1. The Kier molecular flexibility index (Phi) is 3.88. The van der Waals surface area contributed by atoms with Crippen molar-refractivity contribution in [3.05, 3.63) is 41.7 Å². The van der Waals surface area contributed by atoms with E-state index in [-0.39, 0.29) is 11.3 Å². The maximum Gasteiger partial charge on any atom is 0.454 e. The van der Waals surface area contributed by atoms with Crippen LogP contribution in [0.1, 0.15) is 5.56 Å². The third-order valence-electron chi connectivity index (χ3n) is 1.89. The fourth-order valence-corrected chi connectivity index (χ4v) is 1.08. The molecule has 0 atom stereocenters. The number of carbonyl (C=O) groups excluding carboxylic acids is 1. The van der Waals surface area contributed by atoms with Crippen molar-refractivity contribution in [2.24, 2.45) is 0 Å². The summed E-state index contributed by atoms with van der Waals surface area (Å²) in [5.74, 6) is -2.84. The van der Waals surface area contributed by atoms with Crippen LogP contribution >= 0.6 is 0 Å². The van der Waals surface area contributed by atoms with E-state index in [1.54, 1.807) is 0 Å². The molecule has 1 aromatic rings. The zero-order valence-corrected chi connectivity index (χ0v) is 8.72. The average Bonchev–Trinajstić information content (AvgIpc) is 2.25. The van der Waals surface area contributed by atoms with Crippen molar-refractivity contribution in [2.45, 2.75) is 6.18 Å². The molecule has 0 aromatic heterocycles. The summed E-state index contributed by atoms with van der Waals surface area (Å²) in [7, 11) is 1.12. The van der Waals surface area contributed by atoms with Crippen LogP contribution in [-0.4, -0.2) is 19.1 Å². The van der Waals surface area contributed by atoms with Crippen LogP contribution in [0.25, 0.3) is 5.76 Å². The minimum absolute atomic E-state index is 0.187. The van der Waals surface area contributed by atoms with Crippen molar-refractivity contribution in [1.82, 2.24) is 0 Å². The second-order valence-electron chi connectivity index (χ2n) is 3.08. The molecule has 0 aliphatic heterocycles. The van der Waals surface area contributed by atoms with Crippen LogP contribution in [-0.2, 0) is 9.53 Å². The van der Waals surface area contributed by atoms with Crippen LogP contribution in [0.5, 0.6) is 0 Å². The molecule has 0 heterocycles. The monoisotopic (exact) mass is 248 g/mol. The van der Waals surface area contributed by atoms with Crippen LogP contribution in [0.4, 0.5) is 17.6 Å². The Bertz CT molecular complexity index is 432. The number of hydrogen-bond donors (Lipinski definition) is 0. The number of benzene rings is 1. The number of ketones is 1. The first-order valence-corrected chi connectivity index (χ1v) is 4.47. The van der Waals surface area contributed by atoms with E-state index < -0.39 is 17.8 Å². The summed E-state index contributed by atoms with van der Waals surface area (Å²) < 4.78 is 53.3. The van der Waals surface area contributed by atoms with Crippen LogP contribution in [0.3, 0.4) is 0 Å². The second-order valence-corrected chi connectivity index (χ2v) is 3.08. The van der Waals surface area contributed by atoms with Gasteiger partial charge >= 0.3 is 6.18 Å². The van der Waals surface area contributed by atoms with Gasteiger partial charge in [0.2, 0.25) is 0 Å². The number of hydrogen-bond acceptors (Lipinski definition) is 2. The average molecular weight is 248 g/mol. The molecule has 0 N–H and O–H groups in total. The lowest BCUT2D eigenvalue weighted by Gasteiger charge is -2.07. The smallest absolute Gasteiger partial charge is 0.454 e. The summed E-state index contributed by atoms with van der Waals surface area (Å²) in [4.78, 5) is 10.7. The Labute approximate surface area is 94.5 Å². The Morgan fingerprint density at radius 3 is 2.18 bits per heavy atom. The highest BCUT2D eigenvalue weighted by Gasteiger charge is 2.37. The number of halogens is 4. The Balaban J connectivity index is 3.04. The van der Waals surface area contributed by atoms with Crippen LogP contribution in [0, 0.1) is 5.82 Å². The highest BCUT2D eigenvalue weighted by atomic mass is 19.4. The predicted molar refractivity (Wildman–Crippen MR) is 52.4 cm³/mol. The standard InChI is InChI=1S/C11H8F4O2/c1-17-9(6-10(16)11(13,14)15)7-2-4-8(12)5-3-7/h2-6H,1H3/b9-6-. The molecule has 0 bridgehead atoms. The maximum atomic E-state index is 12.6. The lowest BCUT2D eigenvalue weighted by Crippen LogP contribution is -2.20. The fourth-order valence-electron chi connectivity index (χ4n) is 1.08. The second kappa shape index (κ2) is 4.99. The normalized spacial score (nSPS) is 12.4.